The van der Waals surface area contributed by atoms with Crippen LogP contribution in [0.4, 0.5) is 0 Å². The van der Waals surface area contributed by atoms with Crippen molar-refractivity contribution in [1.29, 1.82) is 0 Å². The summed E-state index contributed by atoms with van der Waals surface area (Å²) < 4.78 is 5.03. The first-order valence-corrected chi connectivity index (χ1v) is 12.4. The predicted molar refractivity (Wildman–Crippen MR) is 119 cm³/mol. The minimum Gasteiger partial charge on any atom is -0.234 e. The van der Waals surface area contributed by atoms with Gasteiger partial charge in [-0.25, -0.2) is 9.13 Å². The maximum Gasteiger partial charge on any atom is 0.256 e. The molecule has 158 valence electrons. The van der Waals surface area contributed by atoms with Crippen molar-refractivity contribution in [3.63, 3.8) is 0 Å². The Morgan fingerprint density at radius 1 is 0.630 bits per heavy atom. The molecule has 0 saturated heterocycles. The molecule has 0 radical (unpaired) electrons. The van der Waals surface area contributed by atoms with Crippen LogP contribution in [-0.4, -0.2) is 4.57 Å². The third-order valence-electron chi connectivity index (χ3n) is 5.91. The van der Waals surface area contributed by atoms with E-state index in [9.17, 15) is 0 Å². The van der Waals surface area contributed by atoms with E-state index in [4.69, 9.17) is 0 Å². The second-order valence-electron chi connectivity index (χ2n) is 8.40. The Morgan fingerprint density at radius 2 is 1.11 bits per heavy atom. The monoisotopic (exact) mass is 377 g/mol. The van der Waals surface area contributed by atoms with Crippen LogP contribution in [0.1, 0.15) is 129 Å². The first-order chi connectivity index (χ1) is 13.3. The number of hydrogen-bond acceptors (Lipinski definition) is 0. The van der Waals surface area contributed by atoms with E-state index in [0.29, 0.717) is 0 Å². The molecule has 1 aromatic rings. The second-order valence-corrected chi connectivity index (χ2v) is 8.40. The molecule has 0 aliphatic heterocycles. The lowest BCUT2D eigenvalue weighted by molar-refractivity contribution is -0.704. The van der Waals surface area contributed by atoms with Gasteiger partial charge in [-0.05, 0) is 25.7 Å². The second kappa shape index (κ2) is 17.3. The zero-order valence-corrected chi connectivity index (χ0v) is 19.0. The standard InChI is InChI=1S/C25H49N2/c1-4-7-9-11-13-14-16-18-20-22-27-24-23-26(25(27)6-3)21-19-17-15-12-10-8-5-2/h23-24H,4-22H2,1-3H3/q+1. The van der Waals surface area contributed by atoms with Gasteiger partial charge in [0.15, 0.2) is 0 Å². The topological polar surface area (TPSA) is 8.81 Å². The van der Waals surface area contributed by atoms with Crippen LogP contribution in [0.5, 0.6) is 0 Å². The van der Waals surface area contributed by atoms with E-state index in [0.717, 1.165) is 6.42 Å². The number of imidazole rings is 1. The highest BCUT2D eigenvalue weighted by molar-refractivity contribution is 4.83. The van der Waals surface area contributed by atoms with Crippen LogP contribution in [0.2, 0.25) is 0 Å². The largest absolute Gasteiger partial charge is 0.256 e. The summed E-state index contributed by atoms with van der Waals surface area (Å²) in [5.41, 5.74) is 0. The average molecular weight is 378 g/mol. The molecule has 27 heavy (non-hydrogen) atoms. The van der Waals surface area contributed by atoms with E-state index < -0.39 is 0 Å². The highest BCUT2D eigenvalue weighted by atomic mass is 15.1. The van der Waals surface area contributed by atoms with Gasteiger partial charge in [0.05, 0.1) is 13.1 Å². The van der Waals surface area contributed by atoms with E-state index in [1.165, 1.54) is 122 Å². The fourth-order valence-corrected chi connectivity index (χ4v) is 4.14. The summed E-state index contributed by atoms with van der Waals surface area (Å²) in [4.78, 5) is 0. The lowest BCUT2D eigenvalue weighted by Gasteiger charge is -2.05. The van der Waals surface area contributed by atoms with Crippen molar-refractivity contribution in [2.45, 2.75) is 143 Å². The van der Waals surface area contributed by atoms with Crippen LogP contribution >= 0.6 is 0 Å². The molecule has 0 aliphatic rings. The zero-order chi connectivity index (χ0) is 19.6. The molecule has 1 aromatic heterocycles. The normalized spacial score (nSPS) is 11.4. The minimum atomic E-state index is 1.15. The van der Waals surface area contributed by atoms with Crippen LogP contribution in [0, 0.1) is 0 Å². The molecule has 0 atom stereocenters. The summed E-state index contributed by atoms with van der Waals surface area (Å²) >= 11 is 0. The Kier molecular flexibility index (Phi) is 15.6. The third-order valence-corrected chi connectivity index (χ3v) is 5.91. The Bertz CT molecular complexity index is 436. The van der Waals surface area contributed by atoms with Crippen molar-refractivity contribution < 1.29 is 4.57 Å². The molecule has 0 bridgehead atoms. The molecule has 1 rings (SSSR count). The smallest absolute Gasteiger partial charge is 0.234 e. The fraction of sp³-hybridized carbons (Fsp3) is 0.880. The average Bonchev–Trinajstić information content (AvgIpc) is 3.07. The fourth-order valence-electron chi connectivity index (χ4n) is 4.14. The van der Waals surface area contributed by atoms with Gasteiger partial charge in [0.1, 0.15) is 12.4 Å². The van der Waals surface area contributed by atoms with Gasteiger partial charge in [-0.15, -0.1) is 0 Å². The molecular formula is C25H49N2+. The lowest BCUT2D eigenvalue weighted by atomic mass is 10.1. The van der Waals surface area contributed by atoms with Gasteiger partial charge in [0.25, 0.3) is 5.82 Å². The van der Waals surface area contributed by atoms with Crippen LogP contribution in [0.15, 0.2) is 12.4 Å². The molecule has 0 aliphatic carbocycles. The summed E-state index contributed by atoms with van der Waals surface area (Å²) in [7, 11) is 0. The summed E-state index contributed by atoms with van der Waals surface area (Å²) in [6, 6.07) is 0. The van der Waals surface area contributed by atoms with Crippen molar-refractivity contribution in [1.82, 2.24) is 4.57 Å². The Balaban J connectivity index is 2.14. The van der Waals surface area contributed by atoms with Gasteiger partial charge in [-0.1, -0.05) is 97.8 Å². The third kappa shape index (κ3) is 11.6. The zero-order valence-electron chi connectivity index (χ0n) is 19.0. The molecule has 0 amide bonds. The van der Waals surface area contributed by atoms with Gasteiger partial charge in [-0.3, -0.25) is 0 Å². The highest BCUT2D eigenvalue weighted by Gasteiger charge is 2.14. The molecule has 0 unspecified atom stereocenters. The predicted octanol–water partition coefficient (Wildman–Crippen LogP) is 7.62. The Labute approximate surface area is 170 Å². The summed E-state index contributed by atoms with van der Waals surface area (Å²) in [5, 5.41) is 0. The van der Waals surface area contributed by atoms with Crippen LogP contribution in [-0.2, 0) is 19.5 Å². The number of nitrogens with zero attached hydrogens (tertiary/aromatic N) is 2. The summed E-state index contributed by atoms with van der Waals surface area (Å²) in [6.07, 6.45) is 28.3. The van der Waals surface area contributed by atoms with Crippen LogP contribution in [0.3, 0.4) is 0 Å². The number of unbranched alkanes of at least 4 members (excludes halogenated alkanes) is 14. The molecule has 0 aromatic carbocycles. The molecule has 0 saturated carbocycles. The quantitative estimate of drug-likeness (QED) is 0.173. The van der Waals surface area contributed by atoms with E-state index in [1.807, 2.05) is 0 Å². The molecule has 0 fully saturated rings. The van der Waals surface area contributed by atoms with Crippen molar-refractivity contribution in [2.24, 2.45) is 0 Å². The first kappa shape index (κ1) is 24.2. The minimum absolute atomic E-state index is 1.15. The van der Waals surface area contributed by atoms with Crippen LogP contribution < -0.4 is 4.57 Å². The van der Waals surface area contributed by atoms with Crippen molar-refractivity contribution >= 4 is 0 Å². The van der Waals surface area contributed by atoms with Gasteiger partial charge in [-0.2, -0.15) is 0 Å². The van der Waals surface area contributed by atoms with Crippen molar-refractivity contribution in [3.05, 3.63) is 18.2 Å². The van der Waals surface area contributed by atoms with Crippen molar-refractivity contribution in [2.75, 3.05) is 0 Å². The molecule has 0 spiro atoms. The van der Waals surface area contributed by atoms with Gasteiger partial charge in [0, 0.05) is 6.42 Å². The molecule has 1 heterocycles. The lowest BCUT2D eigenvalue weighted by Crippen LogP contribution is -2.37. The molecular weight excluding hydrogens is 328 g/mol. The van der Waals surface area contributed by atoms with Gasteiger partial charge in [0.2, 0.25) is 0 Å². The Hall–Kier alpha value is -0.790. The number of aryl methyl sites for hydroxylation is 2. The van der Waals surface area contributed by atoms with E-state index in [2.05, 4.69) is 42.3 Å². The Morgan fingerprint density at radius 3 is 1.63 bits per heavy atom. The van der Waals surface area contributed by atoms with E-state index >= 15 is 0 Å². The van der Waals surface area contributed by atoms with Gasteiger partial charge >= 0.3 is 0 Å². The summed E-state index contributed by atoms with van der Waals surface area (Å²) in [6.45, 7) is 9.32. The highest BCUT2D eigenvalue weighted by Crippen LogP contribution is 2.11. The van der Waals surface area contributed by atoms with Gasteiger partial charge < -0.3 is 0 Å². The maximum atomic E-state index is 2.52. The SMILES string of the molecule is CCCCCCCCCCC[n+]1ccn(CCCCCCCCC)c1CC. The molecule has 2 nitrogen and oxygen atoms in total. The summed E-state index contributed by atoms with van der Waals surface area (Å²) in [5.74, 6) is 1.53. The number of aromatic nitrogens is 2. The van der Waals surface area contributed by atoms with Crippen molar-refractivity contribution in [3.8, 4) is 0 Å². The molecule has 2 heteroatoms. The first-order valence-electron chi connectivity index (χ1n) is 12.4. The molecule has 0 N–H and O–H groups in total. The number of rotatable bonds is 19. The van der Waals surface area contributed by atoms with E-state index in [1.54, 1.807) is 0 Å². The van der Waals surface area contributed by atoms with Crippen LogP contribution in [0.25, 0.3) is 0 Å². The van der Waals surface area contributed by atoms with E-state index in [-0.39, 0.29) is 0 Å². The maximum absolute atomic E-state index is 2.52. The number of hydrogen-bond donors (Lipinski definition) is 0.